The molecule has 1 aromatic carbocycles. The summed E-state index contributed by atoms with van der Waals surface area (Å²) >= 11 is 0. The van der Waals surface area contributed by atoms with Gasteiger partial charge in [0, 0.05) is 5.41 Å². The van der Waals surface area contributed by atoms with Gasteiger partial charge in [0.05, 0.1) is 18.1 Å². The zero-order chi connectivity index (χ0) is 14.7. The van der Waals surface area contributed by atoms with E-state index in [-0.39, 0.29) is 4.90 Å². The van der Waals surface area contributed by atoms with Gasteiger partial charge in [-0.15, -0.1) is 0 Å². The van der Waals surface area contributed by atoms with Crippen molar-refractivity contribution in [2.45, 2.75) is 11.8 Å². The van der Waals surface area contributed by atoms with Crippen molar-refractivity contribution in [3.05, 3.63) is 30.1 Å². The smallest absolute Gasteiger partial charge is 0.281 e. The highest BCUT2D eigenvalue weighted by molar-refractivity contribution is 7.90. The van der Waals surface area contributed by atoms with Crippen molar-refractivity contribution < 1.29 is 28.1 Å². The summed E-state index contributed by atoms with van der Waals surface area (Å²) in [6.45, 7) is -0.311. The first-order valence-electron chi connectivity index (χ1n) is 5.25. The molecule has 1 aromatic rings. The number of halogens is 1. The van der Waals surface area contributed by atoms with Crippen molar-refractivity contribution in [1.29, 1.82) is 0 Å². The van der Waals surface area contributed by atoms with Crippen LogP contribution in [0.2, 0.25) is 0 Å². The molecule has 8 heteroatoms. The molecule has 2 N–H and O–H groups in total. The van der Waals surface area contributed by atoms with Gasteiger partial charge >= 0.3 is 0 Å². The molecule has 0 heterocycles. The van der Waals surface area contributed by atoms with Gasteiger partial charge in [-0.3, -0.25) is 0 Å². The van der Waals surface area contributed by atoms with E-state index in [0.29, 0.717) is 0 Å². The van der Waals surface area contributed by atoms with E-state index in [1.165, 1.54) is 6.92 Å². The molecule has 0 aliphatic carbocycles. The normalized spacial score (nSPS) is 13.6. The molecule has 0 bridgehead atoms. The van der Waals surface area contributed by atoms with E-state index in [4.69, 9.17) is 10.2 Å². The van der Waals surface area contributed by atoms with Crippen molar-refractivity contribution in [1.82, 2.24) is 0 Å². The zero-order valence-corrected chi connectivity index (χ0v) is 10.9. The van der Waals surface area contributed by atoms with Crippen LogP contribution in [-0.4, -0.2) is 37.7 Å². The highest BCUT2D eigenvalue weighted by atomic mass is 32.2. The summed E-state index contributed by atoms with van der Waals surface area (Å²) in [7, 11) is -4.29. The number of aliphatic hydroxyl groups excluding tert-OH is 2. The van der Waals surface area contributed by atoms with E-state index in [2.05, 4.69) is 4.40 Å². The van der Waals surface area contributed by atoms with Gasteiger partial charge < -0.3 is 15.3 Å². The molecule has 6 nitrogen and oxygen atoms in total. The van der Waals surface area contributed by atoms with Crippen molar-refractivity contribution >= 4 is 15.9 Å². The molecular weight excluding hydrogens is 277 g/mol. The van der Waals surface area contributed by atoms with Gasteiger partial charge in [0.15, 0.2) is 0 Å². The van der Waals surface area contributed by atoms with Crippen LogP contribution in [0.25, 0.3) is 0 Å². The number of hydrogen-bond acceptors (Lipinski definition) is 5. The summed E-state index contributed by atoms with van der Waals surface area (Å²) in [5, 5.41) is 29.6. The molecule has 106 valence electrons. The third-order valence-corrected chi connectivity index (χ3v) is 3.80. The maximum atomic E-state index is 12.7. The lowest BCUT2D eigenvalue weighted by Gasteiger charge is -2.30. The minimum absolute atomic E-state index is 0.347. The van der Waals surface area contributed by atoms with Crippen LogP contribution >= 0.6 is 0 Å². The Balaban J connectivity index is 3.18. The van der Waals surface area contributed by atoms with Crippen LogP contribution in [-0.2, 0) is 10.0 Å². The predicted molar refractivity (Wildman–Crippen MR) is 63.3 cm³/mol. The Bertz CT molecular complexity index is 563. The maximum absolute atomic E-state index is 12.7. The molecule has 0 saturated carbocycles. The first kappa shape index (κ1) is 15.5. The summed E-state index contributed by atoms with van der Waals surface area (Å²) in [5.74, 6) is -1.79. The molecule has 0 unspecified atom stereocenters. The number of rotatable bonds is 5. The van der Waals surface area contributed by atoms with Gasteiger partial charge in [-0.25, -0.2) is 4.39 Å². The third kappa shape index (κ3) is 3.49. The Hall–Kier alpha value is -1.51. The lowest BCUT2D eigenvalue weighted by Crippen LogP contribution is -2.43. The molecule has 0 saturated heterocycles. The number of hydrogen-bond donors (Lipinski definition) is 2. The molecule has 1 rings (SSSR count). The fourth-order valence-electron chi connectivity index (χ4n) is 1.06. The van der Waals surface area contributed by atoms with Crippen LogP contribution in [0, 0.1) is 11.2 Å². The molecule has 0 amide bonds. The number of nitrogens with zero attached hydrogens (tertiary/aromatic N) is 1. The minimum atomic E-state index is -4.29. The van der Waals surface area contributed by atoms with Crippen molar-refractivity contribution in [2.24, 2.45) is 9.81 Å². The Kier molecular flexibility index (Phi) is 4.61. The molecular formula is C11H13FNO5S-. The van der Waals surface area contributed by atoms with Crippen molar-refractivity contribution in [3.8, 4) is 0 Å². The topological polar surface area (TPSA) is 110 Å². The maximum Gasteiger partial charge on any atom is 0.281 e. The quantitative estimate of drug-likeness (QED) is 0.548. The van der Waals surface area contributed by atoms with Crippen LogP contribution in [0.1, 0.15) is 6.92 Å². The van der Waals surface area contributed by atoms with Crippen molar-refractivity contribution in [2.75, 3.05) is 13.2 Å². The molecule has 0 atom stereocenters. The van der Waals surface area contributed by atoms with Crippen LogP contribution in [0.15, 0.2) is 33.6 Å². The summed E-state index contributed by atoms with van der Waals surface area (Å²) in [5.41, 5.74) is -1.67. The molecule has 0 radical (unpaired) electrons. The van der Waals surface area contributed by atoms with Crippen LogP contribution in [0.4, 0.5) is 4.39 Å². The Morgan fingerprint density at radius 2 is 1.79 bits per heavy atom. The van der Waals surface area contributed by atoms with Crippen LogP contribution < -0.4 is 5.11 Å². The first-order valence-corrected chi connectivity index (χ1v) is 6.69. The molecule has 0 aromatic heterocycles. The molecule has 0 aliphatic heterocycles. The zero-order valence-electron chi connectivity index (χ0n) is 10.1. The molecule has 0 aliphatic rings. The van der Waals surface area contributed by atoms with Gasteiger partial charge in [0.1, 0.15) is 5.82 Å². The summed E-state index contributed by atoms with van der Waals surface area (Å²) in [4.78, 5) is -0.347. The van der Waals surface area contributed by atoms with Gasteiger partial charge in [-0.2, -0.15) is 12.8 Å². The summed E-state index contributed by atoms with van der Waals surface area (Å²) in [6.07, 6.45) is 0. The fourth-order valence-corrected chi connectivity index (χ4v) is 2.09. The van der Waals surface area contributed by atoms with E-state index in [0.717, 1.165) is 24.3 Å². The minimum Gasteiger partial charge on any atom is -0.861 e. The van der Waals surface area contributed by atoms with Gasteiger partial charge in [-0.05, 0) is 30.2 Å². The van der Waals surface area contributed by atoms with E-state index in [1.54, 1.807) is 0 Å². The highest BCUT2D eigenvalue weighted by Crippen LogP contribution is 2.18. The third-order valence-electron chi connectivity index (χ3n) is 2.53. The first-order chi connectivity index (χ1) is 8.75. The standard InChI is InChI=1S/C11H14FNO5S/c1-11(6-14,7-15)10(16)13-19(17,18)9-4-2-8(12)3-5-9/h2-5,14-15H,6-7H2,1H3,(H,13,16)/p-1. The van der Waals surface area contributed by atoms with E-state index in [1.807, 2.05) is 0 Å². The van der Waals surface area contributed by atoms with Crippen LogP contribution in [0.5, 0.6) is 0 Å². The SMILES string of the molecule is CC(CO)(CO)/C([O-])=N/S(=O)(=O)c1ccc(F)cc1. The Morgan fingerprint density at radius 1 is 1.32 bits per heavy atom. The number of sulfonamides is 1. The largest absolute Gasteiger partial charge is 0.861 e. The average molecular weight is 290 g/mol. The molecule has 19 heavy (non-hydrogen) atoms. The van der Waals surface area contributed by atoms with Gasteiger partial charge in [0.2, 0.25) is 0 Å². The fraction of sp³-hybridized carbons (Fsp3) is 0.364. The molecule has 0 fully saturated rings. The molecule has 0 spiro atoms. The van der Waals surface area contributed by atoms with Crippen molar-refractivity contribution in [3.63, 3.8) is 0 Å². The Labute approximate surface area is 109 Å². The second kappa shape index (κ2) is 5.64. The summed E-state index contributed by atoms with van der Waals surface area (Å²) < 4.78 is 39.2. The van der Waals surface area contributed by atoms with E-state index in [9.17, 15) is 17.9 Å². The number of aliphatic hydroxyl groups is 2. The predicted octanol–water partition coefficient (Wildman–Crippen LogP) is -0.736. The highest BCUT2D eigenvalue weighted by Gasteiger charge is 2.25. The lowest BCUT2D eigenvalue weighted by molar-refractivity contribution is -0.233. The number of benzene rings is 1. The second-order valence-electron chi connectivity index (χ2n) is 4.20. The lowest BCUT2D eigenvalue weighted by atomic mass is 9.93. The van der Waals surface area contributed by atoms with E-state index < -0.39 is 40.4 Å². The summed E-state index contributed by atoms with van der Waals surface area (Å²) in [6, 6.07) is 3.78. The van der Waals surface area contributed by atoms with Crippen LogP contribution in [0.3, 0.4) is 0 Å². The second-order valence-corrected chi connectivity index (χ2v) is 5.81. The average Bonchev–Trinajstić information content (AvgIpc) is 2.37. The van der Waals surface area contributed by atoms with E-state index >= 15 is 0 Å². The van der Waals surface area contributed by atoms with Gasteiger partial charge in [-0.1, -0.05) is 6.92 Å². The monoisotopic (exact) mass is 290 g/mol. The Morgan fingerprint density at radius 3 is 2.21 bits per heavy atom. The van der Waals surface area contributed by atoms with Gasteiger partial charge in [0.25, 0.3) is 10.0 Å².